The second kappa shape index (κ2) is 6.98. The number of hydrogen-bond acceptors (Lipinski definition) is 6. The quantitative estimate of drug-likeness (QED) is 0.810. The summed E-state index contributed by atoms with van der Waals surface area (Å²) in [6, 6.07) is 1.23. The van der Waals surface area contributed by atoms with Crippen LogP contribution in [0.2, 0.25) is 0 Å². The first-order valence-electron chi connectivity index (χ1n) is 7.81. The van der Waals surface area contributed by atoms with Gasteiger partial charge < -0.3 is 14.1 Å². The molecule has 9 nitrogen and oxygen atoms in total. The number of carbonyl (C=O) groups excluding carboxylic acids is 1. The van der Waals surface area contributed by atoms with E-state index in [0.717, 1.165) is 11.8 Å². The Balaban J connectivity index is 1.67. The lowest BCUT2D eigenvalue weighted by Gasteiger charge is -2.32. The molecular weight excluding hydrogens is 348 g/mol. The minimum atomic E-state index is -3.71. The average molecular weight is 368 g/mol. The Morgan fingerprint density at radius 1 is 1.48 bits per heavy atom. The Hall–Kier alpha value is -2.17. The van der Waals surface area contributed by atoms with Crippen molar-refractivity contribution >= 4 is 15.9 Å². The van der Waals surface area contributed by atoms with Crippen molar-refractivity contribution in [1.29, 1.82) is 0 Å². The summed E-state index contributed by atoms with van der Waals surface area (Å²) in [5.74, 6) is -0.286. The first kappa shape index (κ1) is 17.6. The number of nitrogens with zero attached hydrogens (tertiary/aromatic N) is 3. The van der Waals surface area contributed by atoms with Crippen LogP contribution in [0, 0.1) is 6.92 Å². The average Bonchev–Trinajstić information content (AvgIpc) is 3.24. The van der Waals surface area contributed by atoms with Gasteiger partial charge in [0.25, 0.3) is 15.9 Å². The first-order valence-corrected chi connectivity index (χ1v) is 9.29. The van der Waals surface area contributed by atoms with E-state index in [4.69, 9.17) is 9.15 Å². The second-order valence-electron chi connectivity index (χ2n) is 5.85. The molecule has 10 heteroatoms. The van der Waals surface area contributed by atoms with Gasteiger partial charge in [0.1, 0.15) is 6.26 Å². The first-order chi connectivity index (χ1) is 11.9. The van der Waals surface area contributed by atoms with Gasteiger partial charge in [0.2, 0.25) is 5.09 Å². The number of furan rings is 1. The number of amides is 1. The molecule has 1 aliphatic heterocycles. The highest BCUT2D eigenvalue weighted by Gasteiger charge is 2.28. The van der Waals surface area contributed by atoms with Gasteiger partial charge in [0, 0.05) is 25.4 Å². The number of nitrogens with one attached hydrogen (secondary N) is 1. The minimum Gasteiger partial charge on any atom is -0.451 e. The SMILES string of the molecule is CNS(=O)(=O)c1cc(C(=O)N2CCOC(Cn3cc(C)cn3)C2)co1. The van der Waals surface area contributed by atoms with Crippen LogP contribution in [0.5, 0.6) is 0 Å². The molecule has 1 fully saturated rings. The van der Waals surface area contributed by atoms with Crippen molar-refractivity contribution in [2.24, 2.45) is 0 Å². The maximum Gasteiger partial charge on any atom is 0.273 e. The van der Waals surface area contributed by atoms with Crippen LogP contribution < -0.4 is 4.72 Å². The molecule has 3 rings (SSSR count). The van der Waals surface area contributed by atoms with Gasteiger partial charge in [-0.1, -0.05) is 0 Å². The lowest BCUT2D eigenvalue weighted by molar-refractivity contribution is -0.0300. The summed E-state index contributed by atoms with van der Waals surface area (Å²) < 4.78 is 38.1. The number of aryl methyl sites for hydroxylation is 1. The van der Waals surface area contributed by atoms with E-state index in [1.807, 2.05) is 13.1 Å². The largest absolute Gasteiger partial charge is 0.451 e. The number of carbonyl (C=O) groups is 1. The van der Waals surface area contributed by atoms with Gasteiger partial charge in [-0.05, 0) is 19.5 Å². The minimum absolute atomic E-state index is 0.176. The monoisotopic (exact) mass is 368 g/mol. The van der Waals surface area contributed by atoms with E-state index in [-0.39, 0.29) is 22.7 Å². The van der Waals surface area contributed by atoms with Crippen LogP contribution >= 0.6 is 0 Å². The topological polar surface area (TPSA) is 107 Å². The van der Waals surface area contributed by atoms with Crippen molar-refractivity contribution < 1.29 is 22.4 Å². The predicted octanol–water partition coefficient (Wildman–Crippen LogP) is 0.234. The van der Waals surface area contributed by atoms with Crippen LogP contribution in [0.3, 0.4) is 0 Å². The molecular formula is C15H20N4O5S. The van der Waals surface area contributed by atoms with Crippen molar-refractivity contribution in [3.05, 3.63) is 35.9 Å². The normalized spacial score (nSPS) is 18.5. The maximum atomic E-state index is 12.6. The lowest BCUT2D eigenvalue weighted by Crippen LogP contribution is -2.47. The fourth-order valence-electron chi connectivity index (χ4n) is 2.64. The van der Waals surface area contributed by atoms with Gasteiger partial charge in [0.05, 0.1) is 31.0 Å². The number of morpholine rings is 1. The van der Waals surface area contributed by atoms with E-state index >= 15 is 0 Å². The van der Waals surface area contributed by atoms with Crippen LogP contribution in [0.25, 0.3) is 0 Å². The molecule has 2 aromatic rings. The molecule has 1 aliphatic rings. The van der Waals surface area contributed by atoms with E-state index in [0.29, 0.717) is 26.2 Å². The predicted molar refractivity (Wildman–Crippen MR) is 87.6 cm³/mol. The molecule has 0 aliphatic carbocycles. The fourth-order valence-corrected chi connectivity index (χ4v) is 3.30. The number of aromatic nitrogens is 2. The summed E-state index contributed by atoms with van der Waals surface area (Å²) in [7, 11) is -2.43. The number of sulfonamides is 1. The molecule has 0 saturated carbocycles. The fraction of sp³-hybridized carbons (Fsp3) is 0.467. The summed E-state index contributed by atoms with van der Waals surface area (Å²) in [6.07, 6.45) is 4.66. The third-order valence-electron chi connectivity index (χ3n) is 3.93. The number of ether oxygens (including phenoxy) is 1. The number of rotatable bonds is 5. The van der Waals surface area contributed by atoms with Crippen LogP contribution in [0.15, 0.2) is 34.2 Å². The van der Waals surface area contributed by atoms with Crippen molar-refractivity contribution in [2.75, 3.05) is 26.7 Å². The Morgan fingerprint density at radius 2 is 2.28 bits per heavy atom. The van der Waals surface area contributed by atoms with Gasteiger partial charge in [-0.3, -0.25) is 9.48 Å². The van der Waals surface area contributed by atoms with E-state index in [9.17, 15) is 13.2 Å². The van der Waals surface area contributed by atoms with Gasteiger partial charge in [-0.2, -0.15) is 5.10 Å². The molecule has 1 N–H and O–H groups in total. The Morgan fingerprint density at radius 3 is 2.96 bits per heavy atom. The van der Waals surface area contributed by atoms with Gasteiger partial charge in [0.15, 0.2) is 0 Å². The third kappa shape index (κ3) is 3.91. The zero-order valence-corrected chi connectivity index (χ0v) is 14.8. The van der Waals surface area contributed by atoms with Gasteiger partial charge >= 0.3 is 0 Å². The van der Waals surface area contributed by atoms with Gasteiger partial charge in [-0.15, -0.1) is 0 Å². The summed E-state index contributed by atoms with van der Waals surface area (Å²) in [5.41, 5.74) is 1.25. The Labute approximate surface area is 145 Å². The summed E-state index contributed by atoms with van der Waals surface area (Å²) in [6.45, 7) is 3.75. The van der Waals surface area contributed by atoms with Gasteiger partial charge in [-0.25, -0.2) is 13.1 Å². The Bertz CT molecular complexity index is 857. The maximum absolute atomic E-state index is 12.6. The molecule has 0 radical (unpaired) electrons. The lowest BCUT2D eigenvalue weighted by atomic mass is 10.2. The van der Waals surface area contributed by atoms with E-state index < -0.39 is 10.0 Å². The molecule has 0 spiro atoms. The van der Waals surface area contributed by atoms with Crippen LogP contribution in [0.4, 0.5) is 0 Å². The second-order valence-corrected chi connectivity index (χ2v) is 7.66. The molecule has 3 heterocycles. The summed E-state index contributed by atoms with van der Waals surface area (Å²) >= 11 is 0. The van der Waals surface area contributed by atoms with Crippen molar-refractivity contribution in [1.82, 2.24) is 19.4 Å². The highest BCUT2D eigenvalue weighted by Crippen LogP contribution is 2.17. The molecule has 1 saturated heterocycles. The van der Waals surface area contributed by atoms with Crippen molar-refractivity contribution in [3.8, 4) is 0 Å². The van der Waals surface area contributed by atoms with E-state index in [1.165, 1.54) is 13.1 Å². The molecule has 0 bridgehead atoms. The summed E-state index contributed by atoms with van der Waals surface area (Å²) in [5, 5.41) is 3.94. The molecule has 1 unspecified atom stereocenters. The zero-order valence-electron chi connectivity index (χ0n) is 14.0. The molecule has 2 aromatic heterocycles. The van der Waals surface area contributed by atoms with E-state index in [1.54, 1.807) is 15.8 Å². The summed E-state index contributed by atoms with van der Waals surface area (Å²) in [4.78, 5) is 14.2. The van der Waals surface area contributed by atoms with Crippen molar-refractivity contribution in [2.45, 2.75) is 24.7 Å². The van der Waals surface area contributed by atoms with E-state index in [2.05, 4.69) is 9.82 Å². The third-order valence-corrected chi connectivity index (χ3v) is 5.22. The number of hydrogen-bond donors (Lipinski definition) is 1. The molecule has 0 aromatic carbocycles. The van der Waals surface area contributed by atoms with Crippen LogP contribution in [-0.4, -0.2) is 61.9 Å². The molecule has 136 valence electrons. The molecule has 1 amide bonds. The highest BCUT2D eigenvalue weighted by molar-refractivity contribution is 7.89. The molecule has 1 atom stereocenters. The Kier molecular flexibility index (Phi) is 4.93. The van der Waals surface area contributed by atoms with Crippen LogP contribution in [-0.2, 0) is 21.3 Å². The van der Waals surface area contributed by atoms with Crippen LogP contribution in [0.1, 0.15) is 15.9 Å². The highest BCUT2D eigenvalue weighted by atomic mass is 32.2. The zero-order chi connectivity index (χ0) is 18.0. The standard InChI is InChI=1S/C15H20N4O5S/c1-11-6-17-19(7-11)9-13-8-18(3-4-23-13)15(20)12-5-14(24-10-12)25(21,22)16-2/h5-7,10,13,16H,3-4,8-9H2,1-2H3. The smallest absolute Gasteiger partial charge is 0.273 e. The molecule has 25 heavy (non-hydrogen) atoms. The van der Waals surface area contributed by atoms with Crippen molar-refractivity contribution in [3.63, 3.8) is 0 Å².